The maximum absolute atomic E-state index is 11.2. The van der Waals surface area contributed by atoms with Gasteiger partial charge in [0, 0.05) is 6.04 Å². The lowest BCUT2D eigenvalue weighted by Crippen LogP contribution is -2.28. The molecule has 0 amide bonds. The molecule has 1 atom stereocenters. The first kappa shape index (κ1) is 12.4. The minimum atomic E-state index is -3.21. The maximum Gasteiger partial charge on any atom is 0.306 e. The van der Waals surface area contributed by atoms with Crippen molar-refractivity contribution in [1.29, 1.82) is 0 Å². The van der Waals surface area contributed by atoms with E-state index in [1.165, 1.54) is 7.11 Å². The summed E-state index contributed by atoms with van der Waals surface area (Å²) in [6.07, 6.45) is -0.106. The second-order valence-corrected chi connectivity index (χ2v) is 5.15. The average Bonchev–Trinajstić information content (AvgIpc) is 1.98. The number of rotatable bonds is 5. The summed E-state index contributed by atoms with van der Waals surface area (Å²) in [6.45, 7) is 1.61. The Balaban J connectivity index is 3.97. The third kappa shape index (κ3) is 6.53. The van der Waals surface area contributed by atoms with Crippen molar-refractivity contribution in [3.63, 3.8) is 0 Å². The Hall–Kier alpha value is -0.620. The summed E-state index contributed by atoms with van der Waals surface area (Å²) >= 11 is 0. The molecule has 6 heteroatoms. The molecule has 0 heterocycles. The van der Waals surface area contributed by atoms with Crippen molar-refractivity contribution < 1.29 is 17.9 Å². The zero-order chi connectivity index (χ0) is 10.5. The van der Waals surface area contributed by atoms with E-state index in [1.54, 1.807) is 6.92 Å². The van der Waals surface area contributed by atoms with Gasteiger partial charge in [-0.25, -0.2) is 8.42 Å². The number of carbonyl (C=O) groups is 1. The summed E-state index contributed by atoms with van der Waals surface area (Å²) in [7, 11) is -1.99. The van der Waals surface area contributed by atoms with Crippen molar-refractivity contribution in [2.45, 2.75) is 19.4 Å². The third-order valence-corrected chi connectivity index (χ3v) is 3.22. The highest BCUT2D eigenvalue weighted by atomic mass is 32.2. The lowest BCUT2D eigenvalue weighted by Gasteiger charge is -2.05. The van der Waals surface area contributed by atoms with Crippen molar-refractivity contribution >= 4 is 15.8 Å². The van der Waals surface area contributed by atoms with E-state index in [-0.39, 0.29) is 17.9 Å². The van der Waals surface area contributed by atoms with Crippen LogP contribution in [0.1, 0.15) is 13.3 Å². The molecular formula is C7H15NO4S. The van der Waals surface area contributed by atoms with Crippen LogP contribution >= 0.6 is 0 Å². The molecule has 0 aromatic carbocycles. The number of ether oxygens (including phenoxy) is 1. The summed E-state index contributed by atoms with van der Waals surface area (Å²) in [5, 5.41) is 0. The van der Waals surface area contributed by atoms with Gasteiger partial charge in [0.15, 0.2) is 9.84 Å². The minimum absolute atomic E-state index is 0.0933. The van der Waals surface area contributed by atoms with Gasteiger partial charge in [0.1, 0.15) is 0 Å². The van der Waals surface area contributed by atoms with E-state index in [0.29, 0.717) is 0 Å². The summed E-state index contributed by atoms with van der Waals surface area (Å²) in [6, 6.07) is -0.400. The molecule has 0 fully saturated rings. The summed E-state index contributed by atoms with van der Waals surface area (Å²) in [4.78, 5) is 10.6. The number of hydrogen-bond donors (Lipinski definition) is 1. The molecule has 78 valence electrons. The molecule has 0 saturated carbocycles. The van der Waals surface area contributed by atoms with Crippen molar-refractivity contribution in [3.05, 3.63) is 0 Å². The fourth-order valence-electron chi connectivity index (χ4n) is 0.825. The van der Waals surface area contributed by atoms with Crippen LogP contribution in [0.15, 0.2) is 0 Å². The zero-order valence-electron chi connectivity index (χ0n) is 7.82. The van der Waals surface area contributed by atoms with Gasteiger partial charge in [0.05, 0.1) is 25.0 Å². The highest BCUT2D eigenvalue weighted by Crippen LogP contribution is 1.97. The molecule has 2 N–H and O–H groups in total. The van der Waals surface area contributed by atoms with Crippen molar-refractivity contribution in [1.82, 2.24) is 0 Å². The van der Waals surface area contributed by atoms with E-state index in [0.717, 1.165) is 0 Å². The molecule has 0 radical (unpaired) electrons. The van der Waals surface area contributed by atoms with Crippen LogP contribution in [-0.4, -0.2) is 39.0 Å². The van der Waals surface area contributed by atoms with E-state index < -0.39 is 21.8 Å². The molecule has 0 aliphatic carbocycles. The van der Waals surface area contributed by atoms with E-state index in [4.69, 9.17) is 5.73 Å². The van der Waals surface area contributed by atoms with Gasteiger partial charge in [0.2, 0.25) is 0 Å². The number of nitrogens with two attached hydrogens (primary N) is 1. The molecular weight excluding hydrogens is 194 g/mol. The van der Waals surface area contributed by atoms with E-state index in [1.807, 2.05) is 0 Å². The van der Waals surface area contributed by atoms with Gasteiger partial charge in [0.25, 0.3) is 0 Å². The minimum Gasteiger partial charge on any atom is -0.469 e. The lowest BCUT2D eigenvalue weighted by molar-refractivity contribution is -0.140. The van der Waals surface area contributed by atoms with Crippen molar-refractivity contribution in [2.24, 2.45) is 5.73 Å². The monoisotopic (exact) mass is 209 g/mol. The third-order valence-electron chi connectivity index (χ3n) is 1.36. The zero-order valence-corrected chi connectivity index (χ0v) is 8.63. The van der Waals surface area contributed by atoms with Crippen LogP contribution in [0.25, 0.3) is 0 Å². The van der Waals surface area contributed by atoms with Crippen LogP contribution in [0.3, 0.4) is 0 Å². The Morgan fingerprint density at radius 2 is 2.08 bits per heavy atom. The maximum atomic E-state index is 11.2. The molecule has 0 bridgehead atoms. The molecule has 1 unspecified atom stereocenters. The molecule has 0 aliphatic heterocycles. The van der Waals surface area contributed by atoms with Crippen LogP contribution in [-0.2, 0) is 19.4 Å². The van der Waals surface area contributed by atoms with E-state index in [9.17, 15) is 13.2 Å². The fraction of sp³-hybridized carbons (Fsp3) is 0.857. The summed E-state index contributed by atoms with van der Waals surface area (Å²) in [5.74, 6) is -0.807. The Bertz CT molecular complexity index is 258. The quantitative estimate of drug-likeness (QED) is 0.606. The average molecular weight is 209 g/mol. The standard InChI is InChI=1S/C7H15NO4S/c1-6(8)5-13(10,11)4-3-7(9)12-2/h6H,3-5,8H2,1-2H3. The predicted molar refractivity (Wildman–Crippen MR) is 48.9 cm³/mol. The Labute approximate surface area is 78.2 Å². The Kier molecular flexibility index (Phi) is 4.94. The lowest BCUT2D eigenvalue weighted by atomic mass is 10.4. The van der Waals surface area contributed by atoms with Gasteiger partial charge in [-0.15, -0.1) is 0 Å². The van der Waals surface area contributed by atoms with Gasteiger partial charge >= 0.3 is 5.97 Å². The number of hydrogen-bond acceptors (Lipinski definition) is 5. The Morgan fingerprint density at radius 3 is 2.46 bits per heavy atom. The van der Waals surface area contributed by atoms with Crippen molar-refractivity contribution in [3.8, 4) is 0 Å². The molecule has 5 nitrogen and oxygen atoms in total. The largest absolute Gasteiger partial charge is 0.469 e. The van der Waals surface area contributed by atoms with E-state index in [2.05, 4.69) is 4.74 Å². The van der Waals surface area contributed by atoms with E-state index >= 15 is 0 Å². The van der Waals surface area contributed by atoms with Crippen LogP contribution < -0.4 is 5.73 Å². The number of sulfone groups is 1. The van der Waals surface area contributed by atoms with Gasteiger partial charge in [-0.3, -0.25) is 4.79 Å². The predicted octanol–water partition coefficient (Wildman–Crippen LogP) is -0.688. The molecule has 0 aromatic heterocycles. The first-order valence-electron chi connectivity index (χ1n) is 3.90. The molecule has 13 heavy (non-hydrogen) atoms. The molecule has 0 aliphatic rings. The molecule has 0 aromatic rings. The van der Waals surface area contributed by atoms with Gasteiger partial charge in [-0.1, -0.05) is 0 Å². The van der Waals surface area contributed by atoms with Crippen LogP contribution in [0.5, 0.6) is 0 Å². The smallest absolute Gasteiger partial charge is 0.306 e. The highest BCUT2D eigenvalue weighted by molar-refractivity contribution is 7.91. The topological polar surface area (TPSA) is 86.5 Å². The number of methoxy groups -OCH3 is 1. The molecule has 0 saturated heterocycles. The number of carbonyl (C=O) groups excluding carboxylic acids is 1. The van der Waals surface area contributed by atoms with Gasteiger partial charge < -0.3 is 10.5 Å². The second-order valence-electron chi connectivity index (χ2n) is 2.92. The highest BCUT2D eigenvalue weighted by Gasteiger charge is 2.15. The molecule has 0 spiro atoms. The van der Waals surface area contributed by atoms with Crippen molar-refractivity contribution in [2.75, 3.05) is 18.6 Å². The van der Waals surface area contributed by atoms with Crippen LogP contribution in [0.2, 0.25) is 0 Å². The summed E-state index contributed by atoms with van der Waals surface area (Å²) < 4.78 is 26.7. The summed E-state index contributed by atoms with van der Waals surface area (Å²) in [5.41, 5.74) is 5.32. The first-order chi connectivity index (χ1) is 5.87. The second kappa shape index (κ2) is 5.18. The fourth-order valence-corrected chi connectivity index (χ4v) is 2.27. The Morgan fingerprint density at radius 1 is 1.54 bits per heavy atom. The SMILES string of the molecule is COC(=O)CCS(=O)(=O)CC(C)N. The van der Waals surface area contributed by atoms with Crippen LogP contribution in [0, 0.1) is 0 Å². The first-order valence-corrected chi connectivity index (χ1v) is 5.72. The van der Waals surface area contributed by atoms with Gasteiger partial charge in [-0.05, 0) is 6.92 Å². The van der Waals surface area contributed by atoms with Gasteiger partial charge in [-0.2, -0.15) is 0 Å². The molecule has 0 rings (SSSR count). The normalized spacial score (nSPS) is 13.8. The number of esters is 1. The van der Waals surface area contributed by atoms with Crippen LogP contribution in [0.4, 0.5) is 0 Å².